The van der Waals surface area contributed by atoms with E-state index in [9.17, 15) is 9.59 Å². The van der Waals surface area contributed by atoms with E-state index in [1.807, 2.05) is 31.2 Å². The minimum atomic E-state index is -0.541. The highest BCUT2D eigenvalue weighted by molar-refractivity contribution is 9.10. The number of ether oxygens (including phenoxy) is 3. The summed E-state index contributed by atoms with van der Waals surface area (Å²) in [5, 5.41) is 3.28. The first-order valence-electron chi connectivity index (χ1n) is 10.5. The molecule has 4 rings (SSSR count). The molecule has 178 valence electrons. The normalized spacial score (nSPS) is 15.3. The summed E-state index contributed by atoms with van der Waals surface area (Å²) in [4.78, 5) is 30.1. The van der Waals surface area contributed by atoms with Crippen LogP contribution in [0.15, 0.2) is 75.0 Å². The largest absolute Gasteiger partial charge is 0.497 e. The van der Waals surface area contributed by atoms with Gasteiger partial charge in [0.15, 0.2) is 16.7 Å². The van der Waals surface area contributed by atoms with Crippen molar-refractivity contribution in [1.82, 2.24) is 5.32 Å². The summed E-state index contributed by atoms with van der Waals surface area (Å²) in [5.41, 5.74) is 2.94. The van der Waals surface area contributed by atoms with Crippen molar-refractivity contribution in [3.63, 3.8) is 0 Å². The molecule has 35 heavy (non-hydrogen) atoms. The van der Waals surface area contributed by atoms with Crippen molar-refractivity contribution < 1.29 is 23.8 Å². The SMILES string of the molecule is COc1ccc(C(=O)Oc2c(Br)cc(/C=C3\SC(=Nc4ccc(C)cc4)NC3=O)cc2OC)cc1. The van der Waals surface area contributed by atoms with Crippen molar-refractivity contribution in [2.45, 2.75) is 6.92 Å². The van der Waals surface area contributed by atoms with Gasteiger partial charge in [0.2, 0.25) is 0 Å². The number of nitrogens with one attached hydrogen (secondary N) is 1. The van der Waals surface area contributed by atoms with Gasteiger partial charge in [0.25, 0.3) is 5.91 Å². The van der Waals surface area contributed by atoms with E-state index in [-0.39, 0.29) is 11.7 Å². The number of hydrogen-bond acceptors (Lipinski definition) is 7. The summed E-state index contributed by atoms with van der Waals surface area (Å²) in [7, 11) is 3.03. The lowest BCUT2D eigenvalue weighted by atomic mass is 10.1. The van der Waals surface area contributed by atoms with Crippen LogP contribution in [-0.4, -0.2) is 31.3 Å². The fourth-order valence-corrected chi connectivity index (χ4v) is 4.55. The fourth-order valence-electron chi connectivity index (χ4n) is 3.17. The molecule has 1 heterocycles. The zero-order chi connectivity index (χ0) is 24.9. The number of hydrogen-bond donors (Lipinski definition) is 1. The van der Waals surface area contributed by atoms with Crippen LogP contribution in [0.1, 0.15) is 21.5 Å². The van der Waals surface area contributed by atoms with E-state index in [1.54, 1.807) is 49.6 Å². The van der Waals surface area contributed by atoms with Gasteiger partial charge in [-0.25, -0.2) is 9.79 Å². The first kappa shape index (κ1) is 24.6. The molecule has 1 fully saturated rings. The molecular weight excluding hydrogens is 532 g/mol. The van der Waals surface area contributed by atoms with Crippen LogP contribution in [0.2, 0.25) is 0 Å². The van der Waals surface area contributed by atoms with Crippen molar-refractivity contribution in [1.29, 1.82) is 0 Å². The van der Waals surface area contributed by atoms with E-state index in [0.717, 1.165) is 11.3 Å². The number of nitrogens with zero attached hydrogens (tertiary/aromatic N) is 1. The summed E-state index contributed by atoms with van der Waals surface area (Å²) in [6.07, 6.45) is 1.72. The summed E-state index contributed by atoms with van der Waals surface area (Å²) >= 11 is 4.70. The molecular formula is C26H21BrN2O5S. The van der Waals surface area contributed by atoms with Gasteiger partial charge in [-0.1, -0.05) is 17.7 Å². The van der Waals surface area contributed by atoms with Crippen molar-refractivity contribution >= 4 is 56.5 Å². The monoisotopic (exact) mass is 552 g/mol. The van der Waals surface area contributed by atoms with Gasteiger partial charge in [0.05, 0.1) is 34.8 Å². The van der Waals surface area contributed by atoms with Gasteiger partial charge in [-0.3, -0.25) is 4.79 Å². The number of esters is 1. The van der Waals surface area contributed by atoms with Crippen LogP contribution in [0, 0.1) is 6.92 Å². The number of aryl methyl sites for hydroxylation is 1. The Hall–Kier alpha value is -3.56. The molecule has 0 aliphatic carbocycles. The van der Waals surface area contributed by atoms with Crippen molar-refractivity contribution in [3.05, 3.63) is 86.7 Å². The number of aliphatic imine (C=N–C) groups is 1. The molecule has 7 nitrogen and oxygen atoms in total. The molecule has 0 spiro atoms. The predicted molar refractivity (Wildman–Crippen MR) is 141 cm³/mol. The van der Waals surface area contributed by atoms with Crippen molar-refractivity contribution in [2.24, 2.45) is 4.99 Å². The summed E-state index contributed by atoms with van der Waals surface area (Å²) in [6, 6.07) is 17.7. The van der Waals surface area contributed by atoms with Crippen molar-refractivity contribution in [2.75, 3.05) is 14.2 Å². The molecule has 1 saturated heterocycles. The zero-order valence-electron chi connectivity index (χ0n) is 19.1. The highest BCUT2D eigenvalue weighted by Crippen LogP contribution is 2.39. The molecule has 1 aliphatic rings. The topological polar surface area (TPSA) is 86.2 Å². The number of halogens is 1. The maximum absolute atomic E-state index is 12.6. The van der Waals surface area contributed by atoms with Gasteiger partial charge in [0, 0.05) is 0 Å². The van der Waals surface area contributed by atoms with Gasteiger partial charge in [-0.2, -0.15) is 0 Å². The van der Waals surface area contributed by atoms with Crippen LogP contribution in [-0.2, 0) is 4.79 Å². The maximum atomic E-state index is 12.6. The molecule has 0 aromatic heterocycles. The number of amidine groups is 1. The molecule has 1 amide bonds. The molecule has 1 aliphatic heterocycles. The Balaban J connectivity index is 1.55. The highest BCUT2D eigenvalue weighted by Gasteiger charge is 2.24. The van der Waals surface area contributed by atoms with Crippen molar-refractivity contribution in [3.8, 4) is 17.2 Å². The fraction of sp³-hybridized carbons (Fsp3) is 0.115. The van der Waals surface area contributed by atoms with E-state index in [4.69, 9.17) is 14.2 Å². The van der Waals surface area contributed by atoms with Crippen LogP contribution in [0.5, 0.6) is 17.2 Å². The van der Waals surface area contributed by atoms with Crippen LogP contribution in [0.3, 0.4) is 0 Å². The van der Waals surface area contributed by atoms with E-state index in [1.165, 1.54) is 18.9 Å². The Labute approximate surface area is 215 Å². The molecule has 0 unspecified atom stereocenters. The first-order valence-corrected chi connectivity index (χ1v) is 12.1. The smallest absolute Gasteiger partial charge is 0.343 e. The molecule has 0 bridgehead atoms. The molecule has 0 atom stereocenters. The summed E-state index contributed by atoms with van der Waals surface area (Å²) in [5.74, 6) is 0.427. The van der Waals surface area contributed by atoms with Gasteiger partial charge in [-0.15, -0.1) is 0 Å². The molecule has 3 aromatic rings. The van der Waals surface area contributed by atoms with Gasteiger partial charge < -0.3 is 19.5 Å². The van der Waals surface area contributed by atoms with Crippen LogP contribution < -0.4 is 19.5 Å². The summed E-state index contributed by atoms with van der Waals surface area (Å²) < 4.78 is 16.7. The highest BCUT2D eigenvalue weighted by atomic mass is 79.9. The van der Waals surface area contributed by atoms with Gasteiger partial charge >= 0.3 is 5.97 Å². The molecule has 0 radical (unpaired) electrons. The second-order valence-electron chi connectivity index (χ2n) is 7.47. The lowest BCUT2D eigenvalue weighted by Gasteiger charge is -2.12. The van der Waals surface area contributed by atoms with E-state index < -0.39 is 5.97 Å². The Bertz CT molecular complexity index is 1340. The minimum Gasteiger partial charge on any atom is -0.497 e. The Morgan fingerprint density at radius 3 is 2.40 bits per heavy atom. The number of thioether (sulfide) groups is 1. The zero-order valence-corrected chi connectivity index (χ0v) is 21.5. The minimum absolute atomic E-state index is 0.237. The molecule has 0 saturated carbocycles. The number of amides is 1. The molecule has 1 N–H and O–H groups in total. The van der Waals surface area contributed by atoms with Crippen LogP contribution in [0.4, 0.5) is 5.69 Å². The van der Waals surface area contributed by atoms with E-state index in [0.29, 0.717) is 37.2 Å². The Kier molecular flexibility index (Phi) is 7.57. The van der Waals surface area contributed by atoms with Crippen LogP contribution >= 0.6 is 27.7 Å². The predicted octanol–water partition coefficient (Wildman–Crippen LogP) is 5.89. The number of rotatable bonds is 6. The second-order valence-corrected chi connectivity index (χ2v) is 9.35. The molecule has 9 heteroatoms. The third-order valence-corrected chi connectivity index (χ3v) is 6.48. The molecule has 3 aromatic carbocycles. The second kappa shape index (κ2) is 10.8. The Morgan fingerprint density at radius 1 is 1.03 bits per heavy atom. The standard InChI is InChI=1S/C26H21BrN2O5S/c1-15-4-8-18(9-5-15)28-26-29-24(30)22(35-26)14-16-12-20(27)23(21(13-16)33-3)34-25(31)17-6-10-19(32-2)11-7-17/h4-14H,1-3H3,(H,28,29,30)/b22-14-. The third-order valence-electron chi connectivity index (χ3n) is 4.99. The van der Waals surface area contributed by atoms with Gasteiger partial charge in [-0.05, 0) is 94.8 Å². The lowest BCUT2D eigenvalue weighted by molar-refractivity contribution is -0.115. The summed E-state index contributed by atoms with van der Waals surface area (Å²) in [6.45, 7) is 2.00. The number of benzene rings is 3. The Morgan fingerprint density at radius 2 is 1.74 bits per heavy atom. The average Bonchev–Trinajstić information content (AvgIpc) is 3.20. The van der Waals surface area contributed by atoms with E-state index in [2.05, 4.69) is 26.2 Å². The quantitative estimate of drug-likeness (QED) is 0.233. The lowest BCUT2D eigenvalue weighted by Crippen LogP contribution is -2.19. The average molecular weight is 553 g/mol. The number of carbonyl (C=O) groups excluding carboxylic acids is 2. The third kappa shape index (κ3) is 5.93. The number of methoxy groups -OCH3 is 2. The number of carbonyl (C=O) groups is 2. The maximum Gasteiger partial charge on any atom is 0.343 e. The van der Waals surface area contributed by atoms with E-state index >= 15 is 0 Å². The van der Waals surface area contributed by atoms with Gasteiger partial charge in [0.1, 0.15) is 5.75 Å². The first-order chi connectivity index (χ1) is 16.9. The van der Waals surface area contributed by atoms with Crippen LogP contribution in [0.25, 0.3) is 6.08 Å².